The molecule has 1 N–H and O–H groups in total. The second kappa shape index (κ2) is 3.52. The minimum absolute atomic E-state index is 0.0139. The molecule has 1 nitrogen and oxygen atoms in total. The van der Waals surface area contributed by atoms with E-state index in [4.69, 9.17) is 0 Å². The summed E-state index contributed by atoms with van der Waals surface area (Å²) < 4.78 is 38.1. The Morgan fingerprint density at radius 1 is 1.33 bits per heavy atom. The van der Waals surface area contributed by atoms with E-state index in [-0.39, 0.29) is 6.54 Å². The van der Waals surface area contributed by atoms with E-state index in [1.165, 1.54) is 0 Å². The highest BCUT2D eigenvalue weighted by molar-refractivity contribution is 5.39. The summed E-state index contributed by atoms with van der Waals surface area (Å²) in [5.74, 6) is -1.36. The van der Waals surface area contributed by atoms with E-state index in [2.05, 4.69) is 5.32 Å². The number of rotatable bonds is 0. The smallest absolute Gasteiger partial charge is 0.312 e. The van der Waals surface area contributed by atoms with Crippen LogP contribution in [0.1, 0.15) is 22.6 Å². The summed E-state index contributed by atoms with van der Waals surface area (Å²) in [6, 6.07) is 5.12. The van der Waals surface area contributed by atoms with Gasteiger partial charge in [-0.05, 0) is 23.6 Å². The third-order valence-electron chi connectivity index (χ3n) is 2.87. The number of halogens is 3. The first kappa shape index (κ1) is 10.5. The quantitative estimate of drug-likeness (QED) is 0.701. The number of nitrogens with one attached hydrogen (secondary N) is 1. The zero-order valence-corrected chi connectivity index (χ0v) is 8.36. The number of hydrogen-bond acceptors (Lipinski definition) is 1. The molecule has 1 aromatic carbocycles. The molecule has 0 bridgehead atoms. The highest BCUT2D eigenvalue weighted by Crippen LogP contribution is 2.38. The summed E-state index contributed by atoms with van der Waals surface area (Å²) in [6.45, 7) is 2.37. The first-order valence-corrected chi connectivity index (χ1v) is 4.86. The molecule has 82 valence electrons. The van der Waals surface area contributed by atoms with Gasteiger partial charge in [-0.3, -0.25) is 0 Å². The number of fused-ring (bicyclic) bond motifs is 1. The van der Waals surface area contributed by atoms with Gasteiger partial charge in [0.25, 0.3) is 0 Å². The fraction of sp³-hybridized carbons (Fsp3) is 0.455. The van der Waals surface area contributed by atoms with Crippen molar-refractivity contribution in [1.82, 2.24) is 5.32 Å². The van der Waals surface area contributed by atoms with Crippen molar-refractivity contribution in [3.05, 3.63) is 34.9 Å². The molecular formula is C11H12F3N. The molecule has 1 atom stereocenters. The molecule has 15 heavy (non-hydrogen) atoms. The highest BCUT2D eigenvalue weighted by atomic mass is 19.4. The second-order valence-electron chi connectivity index (χ2n) is 3.87. The Morgan fingerprint density at radius 3 is 2.73 bits per heavy atom. The van der Waals surface area contributed by atoms with Gasteiger partial charge in [-0.15, -0.1) is 0 Å². The van der Waals surface area contributed by atoms with E-state index in [1.807, 2.05) is 13.0 Å². The Morgan fingerprint density at radius 2 is 2.07 bits per heavy atom. The van der Waals surface area contributed by atoms with Crippen LogP contribution in [0.3, 0.4) is 0 Å². The van der Waals surface area contributed by atoms with Gasteiger partial charge in [-0.1, -0.05) is 18.2 Å². The van der Waals surface area contributed by atoms with Crippen LogP contribution in [0.25, 0.3) is 0 Å². The van der Waals surface area contributed by atoms with Gasteiger partial charge in [0.1, 0.15) is 0 Å². The van der Waals surface area contributed by atoms with E-state index < -0.39 is 12.1 Å². The predicted octanol–water partition coefficient (Wildman–Crippen LogP) is 2.74. The van der Waals surface area contributed by atoms with E-state index in [0.717, 1.165) is 11.1 Å². The van der Waals surface area contributed by atoms with E-state index in [0.29, 0.717) is 12.1 Å². The molecule has 0 spiro atoms. The third-order valence-corrected chi connectivity index (χ3v) is 2.87. The van der Waals surface area contributed by atoms with Gasteiger partial charge in [-0.25, -0.2) is 0 Å². The fourth-order valence-electron chi connectivity index (χ4n) is 2.04. The molecule has 4 heteroatoms. The molecule has 1 aliphatic heterocycles. The van der Waals surface area contributed by atoms with Crippen molar-refractivity contribution in [3.8, 4) is 0 Å². The number of aryl methyl sites for hydroxylation is 1. The van der Waals surface area contributed by atoms with Gasteiger partial charge in [0, 0.05) is 13.1 Å². The van der Waals surface area contributed by atoms with Crippen molar-refractivity contribution in [2.45, 2.75) is 25.6 Å². The largest absolute Gasteiger partial charge is 0.396 e. The van der Waals surface area contributed by atoms with Crippen LogP contribution in [0.2, 0.25) is 0 Å². The average molecular weight is 215 g/mol. The Kier molecular flexibility index (Phi) is 2.46. The summed E-state index contributed by atoms with van der Waals surface area (Å²) in [4.78, 5) is 0. The van der Waals surface area contributed by atoms with Crippen molar-refractivity contribution in [2.75, 3.05) is 6.54 Å². The molecule has 0 aliphatic carbocycles. The number of hydrogen-bond donors (Lipinski definition) is 1. The molecule has 1 heterocycles. The zero-order chi connectivity index (χ0) is 11.1. The minimum Gasteiger partial charge on any atom is -0.312 e. The second-order valence-corrected chi connectivity index (χ2v) is 3.87. The predicted molar refractivity (Wildman–Crippen MR) is 51.7 cm³/mol. The van der Waals surface area contributed by atoms with Crippen molar-refractivity contribution in [2.24, 2.45) is 0 Å². The molecule has 0 saturated heterocycles. The molecule has 1 aliphatic rings. The maximum atomic E-state index is 12.7. The molecular weight excluding hydrogens is 203 g/mol. The standard InChI is InChI=1S/C11H12F3N/c1-7-3-2-4-8-9(7)5-15-6-10(8)11(12,13)14/h2-4,10,15H,5-6H2,1H3/t10-/m1/s1. The van der Waals surface area contributed by atoms with Crippen LogP contribution in [0.5, 0.6) is 0 Å². The van der Waals surface area contributed by atoms with Crippen LogP contribution in [-0.2, 0) is 6.54 Å². The Balaban J connectivity index is 2.48. The van der Waals surface area contributed by atoms with Gasteiger partial charge in [0.2, 0.25) is 0 Å². The Hall–Kier alpha value is -1.03. The monoisotopic (exact) mass is 215 g/mol. The first-order chi connectivity index (χ1) is 7.00. The lowest BCUT2D eigenvalue weighted by molar-refractivity contribution is -0.150. The number of alkyl halides is 3. The first-order valence-electron chi connectivity index (χ1n) is 4.86. The molecule has 0 radical (unpaired) electrons. The normalized spacial score (nSPS) is 21.2. The van der Waals surface area contributed by atoms with Crippen LogP contribution in [0, 0.1) is 6.92 Å². The van der Waals surface area contributed by atoms with Gasteiger partial charge < -0.3 is 5.32 Å². The molecule has 0 aromatic heterocycles. The van der Waals surface area contributed by atoms with Crippen LogP contribution in [-0.4, -0.2) is 12.7 Å². The fourth-order valence-corrected chi connectivity index (χ4v) is 2.04. The lowest BCUT2D eigenvalue weighted by Gasteiger charge is -2.29. The summed E-state index contributed by atoms with van der Waals surface area (Å²) in [5, 5.41) is 2.82. The van der Waals surface area contributed by atoms with E-state index in [1.54, 1.807) is 12.1 Å². The lowest BCUT2D eigenvalue weighted by atomic mass is 9.88. The van der Waals surface area contributed by atoms with Crippen LogP contribution in [0.15, 0.2) is 18.2 Å². The summed E-state index contributed by atoms with van der Waals surface area (Å²) in [6.07, 6.45) is -4.16. The van der Waals surface area contributed by atoms with Crippen LogP contribution in [0.4, 0.5) is 13.2 Å². The van der Waals surface area contributed by atoms with E-state index in [9.17, 15) is 13.2 Å². The van der Waals surface area contributed by atoms with Crippen molar-refractivity contribution >= 4 is 0 Å². The highest BCUT2D eigenvalue weighted by Gasteiger charge is 2.42. The summed E-state index contributed by atoms with van der Waals surface area (Å²) >= 11 is 0. The Bertz CT molecular complexity index is 371. The van der Waals surface area contributed by atoms with E-state index >= 15 is 0 Å². The summed E-state index contributed by atoms with van der Waals surface area (Å²) in [5.41, 5.74) is 2.15. The molecule has 2 rings (SSSR count). The molecule has 1 aromatic rings. The zero-order valence-electron chi connectivity index (χ0n) is 8.36. The maximum absolute atomic E-state index is 12.7. The van der Waals surface area contributed by atoms with Crippen molar-refractivity contribution in [1.29, 1.82) is 0 Å². The van der Waals surface area contributed by atoms with Crippen molar-refractivity contribution in [3.63, 3.8) is 0 Å². The van der Waals surface area contributed by atoms with Gasteiger partial charge >= 0.3 is 6.18 Å². The van der Waals surface area contributed by atoms with Crippen LogP contribution < -0.4 is 5.32 Å². The van der Waals surface area contributed by atoms with Crippen LogP contribution >= 0.6 is 0 Å². The molecule has 0 saturated carbocycles. The third kappa shape index (κ3) is 1.86. The number of benzene rings is 1. The SMILES string of the molecule is Cc1cccc2c1CNC[C@H]2C(F)(F)F. The van der Waals surface area contributed by atoms with Crippen molar-refractivity contribution < 1.29 is 13.2 Å². The average Bonchev–Trinajstić information content (AvgIpc) is 2.16. The van der Waals surface area contributed by atoms with Gasteiger partial charge in [-0.2, -0.15) is 13.2 Å². The minimum atomic E-state index is -4.16. The Labute approximate surface area is 86.3 Å². The summed E-state index contributed by atoms with van der Waals surface area (Å²) in [7, 11) is 0. The lowest BCUT2D eigenvalue weighted by Crippen LogP contribution is -2.36. The maximum Gasteiger partial charge on any atom is 0.396 e. The van der Waals surface area contributed by atoms with Gasteiger partial charge in [0.15, 0.2) is 0 Å². The molecule has 0 fully saturated rings. The van der Waals surface area contributed by atoms with Gasteiger partial charge in [0.05, 0.1) is 5.92 Å². The molecule has 0 amide bonds. The topological polar surface area (TPSA) is 12.0 Å². The molecule has 0 unspecified atom stereocenters.